The van der Waals surface area contributed by atoms with Gasteiger partial charge in [0.2, 0.25) is 0 Å². The topological polar surface area (TPSA) is 47.6 Å². The van der Waals surface area contributed by atoms with E-state index in [9.17, 15) is 4.79 Å². The summed E-state index contributed by atoms with van der Waals surface area (Å²) in [6.45, 7) is 1.02. The van der Waals surface area contributed by atoms with Gasteiger partial charge in [-0.3, -0.25) is 4.79 Å². The third-order valence-electron chi connectivity index (χ3n) is 3.80. The first-order valence-electron chi connectivity index (χ1n) is 7.23. The van der Waals surface area contributed by atoms with Crippen molar-refractivity contribution in [2.24, 2.45) is 0 Å². The Balaban J connectivity index is 2.04. The Labute approximate surface area is 120 Å². The van der Waals surface area contributed by atoms with Gasteiger partial charge in [-0.15, -0.1) is 0 Å². The number of methoxy groups -OCH3 is 2. The normalized spacial score (nSPS) is 19.2. The van der Waals surface area contributed by atoms with Crippen molar-refractivity contribution in [3.63, 3.8) is 0 Å². The summed E-state index contributed by atoms with van der Waals surface area (Å²) in [7, 11) is 3.17. The number of rotatable bonds is 5. The van der Waals surface area contributed by atoms with E-state index >= 15 is 0 Å². The zero-order chi connectivity index (χ0) is 14.4. The summed E-state index contributed by atoms with van der Waals surface area (Å²) in [6, 6.07) is 5.66. The van der Waals surface area contributed by atoms with Crippen LogP contribution in [0.15, 0.2) is 18.2 Å². The fraction of sp³-hybridized carbons (Fsp3) is 0.562. The predicted octanol–water partition coefficient (Wildman–Crippen LogP) is 2.81. The summed E-state index contributed by atoms with van der Waals surface area (Å²) in [5, 5.41) is 3.46. The third-order valence-corrected chi connectivity index (χ3v) is 3.80. The van der Waals surface area contributed by atoms with E-state index in [2.05, 4.69) is 5.32 Å². The molecule has 1 aromatic carbocycles. The minimum absolute atomic E-state index is 0.158. The Morgan fingerprint density at radius 2 is 2.00 bits per heavy atom. The van der Waals surface area contributed by atoms with E-state index in [1.807, 2.05) is 0 Å². The van der Waals surface area contributed by atoms with E-state index in [0.717, 1.165) is 13.0 Å². The number of nitrogens with one attached hydrogen (secondary N) is 1. The van der Waals surface area contributed by atoms with E-state index in [1.165, 1.54) is 19.3 Å². The third kappa shape index (κ3) is 3.73. The van der Waals surface area contributed by atoms with Crippen LogP contribution in [0.25, 0.3) is 0 Å². The van der Waals surface area contributed by atoms with E-state index in [4.69, 9.17) is 9.47 Å². The van der Waals surface area contributed by atoms with E-state index in [0.29, 0.717) is 29.5 Å². The number of carbonyl (C=O) groups is 1. The molecule has 0 aliphatic carbocycles. The molecule has 1 saturated heterocycles. The van der Waals surface area contributed by atoms with E-state index in [-0.39, 0.29) is 5.78 Å². The van der Waals surface area contributed by atoms with Crippen LogP contribution in [-0.4, -0.2) is 32.6 Å². The Kier molecular flexibility index (Phi) is 5.41. The lowest BCUT2D eigenvalue weighted by Gasteiger charge is -2.15. The summed E-state index contributed by atoms with van der Waals surface area (Å²) >= 11 is 0. The maximum atomic E-state index is 12.4. The lowest BCUT2D eigenvalue weighted by molar-refractivity contribution is 0.0967. The minimum Gasteiger partial charge on any atom is -0.493 e. The highest BCUT2D eigenvalue weighted by Crippen LogP contribution is 2.28. The van der Waals surface area contributed by atoms with Gasteiger partial charge in [0.15, 0.2) is 17.3 Å². The van der Waals surface area contributed by atoms with Crippen molar-refractivity contribution in [1.82, 2.24) is 5.32 Å². The smallest absolute Gasteiger partial charge is 0.164 e. The van der Waals surface area contributed by atoms with Crippen LogP contribution in [0.2, 0.25) is 0 Å². The Hall–Kier alpha value is -1.55. The first-order valence-corrected chi connectivity index (χ1v) is 7.23. The molecule has 1 aliphatic heterocycles. The molecule has 0 radical (unpaired) electrons. The van der Waals surface area contributed by atoms with Crippen molar-refractivity contribution in [2.45, 2.75) is 38.1 Å². The highest BCUT2D eigenvalue weighted by atomic mass is 16.5. The summed E-state index contributed by atoms with van der Waals surface area (Å²) in [5.74, 6) is 1.41. The molecule has 0 amide bonds. The van der Waals surface area contributed by atoms with Gasteiger partial charge in [-0.1, -0.05) is 12.8 Å². The van der Waals surface area contributed by atoms with Crippen LogP contribution in [-0.2, 0) is 0 Å². The molecule has 0 spiro atoms. The van der Waals surface area contributed by atoms with Crippen molar-refractivity contribution in [2.75, 3.05) is 20.8 Å². The Morgan fingerprint density at radius 1 is 1.20 bits per heavy atom. The van der Waals surface area contributed by atoms with Crippen molar-refractivity contribution < 1.29 is 14.3 Å². The van der Waals surface area contributed by atoms with Gasteiger partial charge in [-0.05, 0) is 37.6 Å². The molecule has 1 fully saturated rings. The maximum absolute atomic E-state index is 12.4. The average molecular weight is 277 g/mol. The van der Waals surface area contributed by atoms with Crippen LogP contribution in [0.5, 0.6) is 11.5 Å². The molecule has 110 valence electrons. The molecule has 1 N–H and O–H groups in total. The number of benzene rings is 1. The van der Waals surface area contributed by atoms with Gasteiger partial charge in [0.25, 0.3) is 0 Å². The molecular formula is C16H23NO3. The first-order chi connectivity index (χ1) is 9.74. The zero-order valence-corrected chi connectivity index (χ0v) is 12.3. The quantitative estimate of drug-likeness (QED) is 0.841. The largest absolute Gasteiger partial charge is 0.493 e. The van der Waals surface area contributed by atoms with Crippen molar-refractivity contribution in [3.8, 4) is 11.5 Å². The maximum Gasteiger partial charge on any atom is 0.164 e. The number of hydrogen-bond donors (Lipinski definition) is 1. The van der Waals surface area contributed by atoms with Crippen LogP contribution >= 0.6 is 0 Å². The molecule has 2 rings (SSSR count). The summed E-state index contributed by atoms with van der Waals surface area (Å²) in [6.07, 6.45) is 5.31. The number of ether oxygens (including phenoxy) is 2. The average Bonchev–Trinajstić information content (AvgIpc) is 2.75. The zero-order valence-electron chi connectivity index (χ0n) is 12.3. The van der Waals surface area contributed by atoms with Crippen LogP contribution in [0.3, 0.4) is 0 Å². The van der Waals surface area contributed by atoms with Crippen molar-refractivity contribution >= 4 is 5.78 Å². The minimum atomic E-state index is 0.158. The number of ketones is 1. The lowest BCUT2D eigenvalue weighted by Crippen LogP contribution is -2.30. The molecule has 0 bridgehead atoms. The monoisotopic (exact) mass is 277 g/mol. The van der Waals surface area contributed by atoms with Gasteiger partial charge >= 0.3 is 0 Å². The summed E-state index contributed by atoms with van der Waals surface area (Å²) < 4.78 is 10.4. The van der Waals surface area contributed by atoms with Gasteiger partial charge in [0, 0.05) is 18.0 Å². The molecule has 0 aromatic heterocycles. The van der Waals surface area contributed by atoms with Gasteiger partial charge in [-0.25, -0.2) is 0 Å². The van der Waals surface area contributed by atoms with Gasteiger partial charge in [0.1, 0.15) is 0 Å². The number of carbonyl (C=O) groups excluding carboxylic acids is 1. The second-order valence-electron chi connectivity index (χ2n) is 5.20. The van der Waals surface area contributed by atoms with Gasteiger partial charge < -0.3 is 14.8 Å². The highest BCUT2D eigenvalue weighted by Gasteiger charge is 2.17. The number of hydrogen-bond acceptors (Lipinski definition) is 4. The molecule has 20 heavy (non-hydrogen) atoms. The fourth-order valence-corrected chi connectivity index (χ4v) is 2.63. The molecule has 1 aliphatic rings. The van der Waals surface area contributed by atoms with Crippen LogP contribution in [0, 0.1) is 0 Å². The molecule has 1 aromatic rings. The van der Waals surface area contributed by atoms with Gasteiger partial charge in [-0.2, -0.15) is 0 Å². The first kappa shape index (κ1) is 14.9. The molecule has 0 saturated carbocycles. The Bertz CT molecular complexity index is 451. The van der Waals surface area contributed by atoms with Crippen molar-refractivity contribution in [3.05, 3.63) is 23.8 Å². The van der Waals surface area contributed by atoms with E-state index < -0.39 is 0 Å². The standard InChI is InChI=1S/C16H23NO3/c1-19-15-8-7-12(10-16(15)20-2)14(18)11-13-6-4-3-5-9-17-13/h7-8,10,13,17H,3-6,9,11H2,1-2H3. The molecule has 1 atom stereocenters. The SMILES string of the molecule is COc1ccc(C(=O)CC2CCCCCN2)cc1OC. The second kappa shape index (κ2) is 7.29. The highest BCUT2D eigenvalue weighted by molar-refractivity contribution is 5.97. The van der Waals surface area contributed by atoms with Crippen LogP contribution in [0.4, 0.5) is 0 Å². The van der Waals surface area contributed by atoms with Gasteiger partial charge in [0.05, 0.1) is 14.2 Å². The van der Waals surface area contributed by atoms with E-state index in [1.54, 1.807) is 32.4 Å². The molecule has 4 nitrogen and oxygen atoms in total. The second-order valence-corrected chi connectivity index (χ2v) is 5.20. The summed E-state index contributed by atoms with van der Waals surface area (Å²) in [4.78, 5) is 12.4. The molecular weight excluding hydrogens is 254 g/mol. The number of Topliss-reactive ketones (excluding diaryl/α,β-unsaturated/α-hetero) is 1. The molecule has 1 unspecified atom stereocenters. The fourth-order valence-electron chi connectivity index (χ4n) is 2.63. The predicted molar refractivity (Wildman–Crippen MR) is 78.8 cm³/mol. The Morgan fingerprint density at radius 3 is 2.75 bits per heavy atom. The lowest BCUT2D eigenvalue weighted by atomic mass is 10.00. The van der Waals surface area contributed by atoms with Crippen LogP contribution in [0.1, 0.15) is 42.5 Å². The molecule has 4 heteroatoms. The molecule has 1 heterocycles. The van der Waals surface area contributed by atoms with Crippen LogP contribution < -0.4 is 14.8 Å². The summed E-state index contributed by atoms with van der Waals surface area (Å²) in [5.41, 5.74) is 0.689. The van der Waals surface area contributed by atoms with Crippen molar-refractivity contribution in [1.29, 1.82) is 0 Å².